The lowest BCUT2D eigenvalue weighted by Crippen LogP contribution is -2.29. The predicted molar refractivity (Wildman–Crippen MR) is 113 cm³/mol. The first-order valence-electron chi connectivity index (χ1n) is 9.84. The Hall–Kier alpha value is -3.54. The first-order valence-corrected chi connectivity index (χ1v) is 9.84. The number of para-hydroxylation sites is 1. The van der Waals surface area contributed by atoms with Gasteiger partial charge in [0.05, 0.1) is 17.3 Å². The molecule has 0 aliphatic heterocycles. The van der Waals surface area contributed by atoms with Crippen molar-refractivity contribution in [2.75, 3.05) is 7.05 Å². The molecule has 0 fully saturated rings. The van der Waals surface area contributed by atoms with Gasteiger partial charge in [-0.1, -0.05) is 29.4 Å². The number of carbonyl (C=O) groups excluding carboxylic acids is 1. The Balaban J connectivity index is 1.49. The highest BCUT2D eigenvalue weighted by Crippen LogP contribution is 2.28. The van der Waals surface area contributed by atoms with Crippen LogP contribution in [0.1, 0.15) is 46.1 Å². The molecule has 2 heterocycles. The molecular formula is C24H24N2O4. The molecule has 0 aliphatic carbocycles. The summed E-state index contributed by atoms with van der Waals surface area (Å²) in [5.41, 5.74) is 3.09. The molecule has 4 aromatic rings. The molecule has 0 radical (unpaired) electrons. The van der Waals surface area contributed by atoms with Crippen molar-refractivity contribution in [2.24, 2.45) is 0 Å². The van der Waals surface area contributed by atoms with Crippen LogP contribution in [-0.4, -0.2) is 23.0 Å². The van der Waals surface area contributed by atoms with Crippen LogP contribution in [0.25, 0.3) is 11.0 Å². The fourth-order valence-corrected chi connectivity index (χ4v) is 3.36. The molecule has 0 saturated heterocycles. The number of benzene rings is 2. The summed E-state index contributed by atoms with van der Waals surface area (Å²) in [5, 5.41) is 4.96. The second-order valence-electron chi connectivity index (χ2n) is 7.40. The second-order valence-corrected chi connectivity index (χ2v) is 7.40. The summed E-state index contributed by atoms with van der Waals surface area (Å²) in [7, 11) is 1.78. The van der Waals surface area contributed by atoms with E-state index >= 15 is 0 Å². The number of hydrogen-bond acceptors (Lipinski definition) is 5. The van der Waals surface area contributed by atoms with Gasteiger partial charge in [-0.25, -0.2) is 0 Å². The van der Waals surface area contributed by atoms with Crippen LogP contribution in [0.2, 0.25) is 0 Å². The number of fused-ring (bicyclic) bond motifs is 1. The molecule has 2 aromatic carbocycles. The zero-order valence-corrected chi connectivity index (χ0v) is 17.5. The van der Waals surface area contributed by atoms with Crippen LogP contribution in [0.15, 0.2) is 63.5 Å². The van der Waals surface area contributed by atoms with Gasteiger partial charge in [0.1, 0.15) is 29.5 Å². The van der Waals surface area contributed by atoms with Crippen LogP contribution < -0.4 is 4.74 Å². The lowest BCUT2D eigenvalue weighted by molar-refractivity contribution is 0.0727. The zero-order chi connectivity index (χ0) is 21.3. The fraction of sp³-hybridized carbons (Fsp3) is 0.250. The molecule has 2 aromatic heterocycles. The van der Waals surface area contributed by atoms with Gasteiger partial charge in [-0.3, -0.25) is 4.79 Å². The van der Waals surface area contributed by atoms with Crippen LogP contribution in [0.3, 0.4) is 0 Å². The molecule has 0 saturated carbocycles. The first-order chi connectivity index (χ1) is 14.4. The number of aryl methyl sites for hydroxylation is 2. The molecule has 1 amide bonds. The largest absolute Gasteiger partial charge is 0.489 e. The van der Waals surface area contributed by atoms with Crippen molar-refractivity contribution in [3.05, 3.63) is 82.9 Å². The summed E-state index contributed by atoms with van der Waals surface area (Å²) in [6, 6.07) is 16.8. The number of aromatic nitrogens is 1. The number of furan rings is 1. The molecule has 30 heavy (non-hydrogen) atoms. The van der Waals surface area contributed by atoms with Gasteiger partial charge in [0.15, 0.2) is 0 Å². The van der Waals surface area contributed by atoms with E-state index in [1.54, 1.807) is 24.1 Å². The number of rotatable bonds is 6. The summed E-state index contributed by atoms with van der Waals surface area (Å²) < 4.78 is 17.0. The lowest BCUT2D eigenvalue weighted by Gasteiger charge is -2.23. The van der Waals surface area contributed by atoms with Crippen molar-refractivity contribution in [3.63, 3.8) is 0 Å². The zero-order valence-electron chi connectivity index (χ0n) is 17.5. The van der Waals surface area contributed by atoms with Gasteiger partial charge in [-0.15, -0.1) is 0 Å². The van der Waals surface area contributed by atoms with Crippen LogP contribution >= 0.6 is 0 Å². The molecule has 4 rings (SSSR count). The van der Waals surface area contributed by atoms with Crippen LogP contribution in [0, 0.1) is 13.8 Å². The minimum absolute atomic E-state index is 0.106. The van der Waals surface area contributed by atoms with E-state index in [0.29, 0.717) is 17.9 Å². The lowest BCUT2D eigenvalue weighted by atomic mass is 10.1. The Bertz CT molecular complexity index is 1140. The summed E-state index contributed by atoms with van der Waals surface area (Å²) in [6.07, 6.45) is 0. The molecule has 6 nitrogen and oxygen atoms in total. The van der Waals surface area contributed by atoms with Crippen molar-refractivity contribution in [1.29, 1.82) is 0 Å². The smallest absolute Gasteiger partial charge is 0.254 e. The number of carbonyl (C=O) groups is 1. The number of nitrogens with zero attached hydrogens (tertiary/aromatic N) is 2. The number of hydrogen-bond donors (Lipinski definition) is 0. The summed E-state index contributed by atoms with van der Waals surface area (Å²) in [4.78, 5) is 14.7. The van der Waals surface area contributed by atoms with Gasteiger partial charge in [0.2, 0.25) is 0 Å². The van der Waals surface area contributed by atoms with E-state index in [-0.39, 0.29) is 11.9 Å². The Labute approximate surface area is 175 Å². The summed E-state index contributed by atoms with van der Waals surface area (Å²) >= 11 is 0. The van der Waals surface area contributed by atoms with Crippen LogP contribution in [0.4, 0.5) is 0 Å². The maximum Gasteiger partial charge on any atom is 0.254 e. The van der Waals surface area contributed by atoms with Gasteiger partial charge < -0.3 is 18.6 Å². The van der Waals surface area contributed by atoms with E-state index in [2.05, 4.69) is 5.16 Å². The van der Waals surface area contributed by atoms with Crippen LogP contribution in [0.5, 0.6) is 5.75 Å². The monoisotopic (exact) mass is 404 g/mol. The van der Waals surface area contributed by atoms with E-state index in [1.165, 1.54) is 0 Å². The molecule has 154 valence electrons. The molecule has 1 unspecified atom stereocenters. The van der Waals surface area contributed by atoms with Crippen molar-refractivity contribution in [1.82, 2.24) is 10.1 Å². The van der Waals surface area contributed by atoms with E-state index in [0.717, 1.165) is 33.7 Å². The average Bonchev–Trinajstić information content (AvgIpc) is 3.34. The summed E-state index contributed by atoms with van der Waals surface area (Å²) in [5.74, 6) is 1.99. The van der Waals surface area contributed by atoms with Gasteiger partial charge >= 0.3 is 0 Å². The van der Waals surface area contributed by atoms with Crippen molar-refractivity contribution in [3.8, 4) is 5.75 Å². The van der Waals surface area contributed by atoms with Crippen LogP contribution in [-0.2, 0) is 6.61 Å². The Kier molecular flexibility index (Phi) is 5.31. The molecular weight excluding hydrogens is 380 g/mol. The third-order valence-electron chi connectivity index (χ3n) is 5.40. The minimum atomic E-state index is -0.211. The highest BCUT2D eigenvalue weighted by Gasteiger charge is 2.22. The van der Waals surface area contributed by atoms with Gasteiger partial charge in [-0.2, -0.15) is 0 Å². The molecule has 0 aliphatic rings. The first kappa shape index (κ1) is 19.8. The molecule has 0 spiro atoms. The summed E-state index contributed by atoms with van der Waals surface area (Å²) in [6.45, 7) is 6.02. The Morgan fingerprint density at radius 3 is 2.67 bits per heavy atom. The average molecular weight is 404 g/mol. The van der Waals surface area contributed by atoms with Gasteiger partial charge in [-0.05, 0) is 51.1 Å². The van der Waals surface area contributed by atoms with E-state index in [9.17, 15) is 4.79 Å². The molecule has 6 heteroatoms. The fourth-order valence-electron chi connectivity index (χ4n) is 3.36. The highest BCUT2D eigenvalue weighted by atomic mass is 16.5. The third-order valence-corrected chi connectivity index (χ3v) is 5.40. The van der Waals surface area contributed by atoms with Crippen molar-refractivity contribution in [2.45, 2.75) is 33.4 Å². The SMILES string of the molecule is Cc1noc(C)c1COc1cccc(C(=O)N(C)C(C)c2cc3ccccc3o2)c1. The Morgan fingerprint density at radius 2 is 1.93 bits per heavy atom. The third kappa shape index (κ3) is 3.81. The topological polar surface area (TPSA) is 68.7 Å². The van der Waals surface area contributed by atoms with Gasteiger partial charge in [0, 0.05) is 18.0 Å². The van der Waals surface area contributed by atoms with E-state index in [4.69, 9.17) is 13.7 Å². The number of ether oxygens (including phenoxy) is 1. The van der Waals surface area contributed by atoms with E-state index in [1.807, 2.05) is 63.2 Å². The Morgan fingerprint density at radius 1 is 1.13 bits per heavy atom. The normalized spacial score (nSPS) is 12.1. The quantitative estimate of drug-likeness (QED) is 0.427. The standard InChI is InChI=1S/C24H24N2O4/c1-15-21(17(3)30-25-15)14-28-20-10-7-9-19(12-20)24(27)26(4)16(2)23-13-18-8-5-6-11-22(18)29-23/h5-13,16H,14H2,1-4H3. The number of amides is 1. The minimum Gasteiger partial charge on any atom is -0.489 e. The van der Waals surface area contributed by atoms with Crippen molar-refractivity contribution < 1.29 is 18.5 Å². The molecule has 0 bridgehead atoms. The maximum atomic E-state index is 13.1. The maximum absolute atomic E-state index is 13.1. The van der Waals surface area contributed by atoms with Gasteiger partial charge in [0.25, 0.3) is 5.91 Å². The van der Waals surface area contributed by atoms with Crippen molar-refractivity contribution >= 4 is 16.9 Å². The molecule has 0 N–H and O–H groups in total. The second kappa shape index (κ2) is 8.06. The predicted octanol–water partition coefficient (Wildman–Crippen LogP) is 5.45. The highest BCUT2D eigenvalue weighted by molar-refractivity contribution is 5.94. The molecule has 1 atom stereocenters. The van der Waals surface area contributed by atoms with E-state index < -0.39 is 0 Å².